The van der Waals surface area contributed by atoms with Gasteiger partial charge in [0.2, 0.25) is 0 Å². The van der Waals surface area contributed by atoms with Crippen molar-refractivity contribution in [2.45, 2.75) is 32.5 Å². The summed E-state index contributed by atoms with van der Waals surface area (Å²) in [6.45, 7) is 2.30. The molecule has 0 fully saturated rings. The highest BCUT2D eigenvalue weighted by atomic mass is 35.5. The molecule has 1 aliphatic heterocycles. The maximum atomic E-state index is 13.5. The number of fused-ring (bicyclic) bond motifs is 1. The van der Waals surface area contributed by atoms with E-state index in [9.17, 15) is 14.0 Å². The Morgan fingerprint density at radius 2 is 1.89 bits per heavy atom. The Kier molecular flexibility index (Phi) is 7.64. The number of methoxy groups -OCH3 is 2. The maximum absolute atomic E-state index is 13.5. The van der Waals surface area contributed by atoms with Crippen LogP contribution in [0.1, 0.15) is 34.8 Å². The molecule has 0 radical (unpaired) electrons. The molecule has 188 valence electrons. The van der Waals surface area contributed by atoms with E-state index < -0.39 is 11.9 Å². The number of carbonyl (C=O) groups excluding carboxylic acids is 2. The van der Waals surface area contributed by atoms with Crippen molar-refractivity contribution in [3.63, 3.8) is 0 Å². The first kappa shape index (κ1) is 25.3. The Morgan fingerprint density at radius 3 is 2.58 bits per heavy atom. The molecule has 0 bridgehead atoms. The van der Waals surface area contributed by atoms with Gasteiger partial charge < -0.3 is 24.4 Å². The zero-order valence-electron chi connectivity index (χ0n) is 20.1. The minimum absolute atomic E-state index is 0.190. The number of carbonyl (C=O) groups is 2. The van der Waals surface area contributed by atoms with E-state index in [0.717, 1.165) is 5.56 Å². The van der Waals surface area contributed by atoms with Crippen molar-refractivity contribution in [3.05, 3.63) is 82.1 Å². The van der Waals surface area contributed by atoms with E-state index in [-0.39, 0.29) is 29.9 Å². The molecule has 9 heteroatoms. The summed E-state index contributed by atoms with van der Waals surface area (Å²) in [4.78, 5) is 27.7. The second kappa shape index (κ2) is 10.9. The van der Waals surface area contributed by atoms with Gasteiger partial charge >= 0.3 is 0 Å². The second-order valence-electron chi connectivity index (χ2n) is 8.29. The van der Waals surface area contributed by atoms with Crippen molar-refractivity contribution in [1.29, 1.82) is 0 Å². The molecule has 36 heavy (non-hydrogen) atoms. The fraction of sp³-hybridized carbons (Fsp3) is 0.259. The van der Waals surface area contributed by atoms with E-state index in [0.29, 0.717) is 40.5 Å². The average Bonchev–Trinajstić information content (AvgIpc) is 3.00. The van der Waals surface area contributed by atoms with E-state index >= 15 is 0 Å². The van der Waals surface area contributed by atoms with Gasteiger partial charge in [0.05, 0.1) is 14.2 Å². The van der Waals surface area contributed by atoms with Gasteiger partial charge in [0.15, 0.2) is 17.6 Å². The molecule has 7 nitrogen and oxygen atoms in total. The Labute approximate surface area is 213 Å². The van der Waals surface area contributed by atoms with Gasteiger partial charge in [0.25, 0.3) is 11.8 Å². The lowest BCUT2D eigenvalue weighted by molar-refractivity contribution is -0.139. The number of hydrogen-bond acceptors (Lipinski definition) is 5. The van der Waals surface area contributed by atoms with Crippen LogP contribution in [-0.2, 0) is 17.9 Å². The van der Waals surface area contributed by atoms with Gasteiger partial charge in [-0.2, -0.15) is 0 Å². The van der Waals surface area contributed by atoms with Gasteiger partial charge in [-0.05, 0) is 60.5 Å². The fourth-order valence-corrected chi connectivity index (χ4v) is 4.24. The number of amides is 2. The lowest BCUT2D eigenvalue weighted by atomic mass is 10.1. The molecule has 1 unspecified atom stereocenters. The number of halogens is 2. The third-order valence-corrected chi connectivity index (χ3v) is 6.28. The van der Waals surface area contributed by atoms with Crippen molar-refractivity contribution in [3.8, 4) is 17.2 Å². The summed E-state index contributed by atoms with van der Waals surface area (Å²) < 4.78 is 30.0. The van der Waals surface area contributed by atoms with Crippen LogP contribution in [-0.4, -0.2) is 37.0 Å². The average molecular weight is 513 g/mol. The predicted molar refractivity (Wildman–Crippen MR) is 134 cm³/mol. The van der Waals surface area contributed by atoms with Crippen LogP contribution in [0.4, 0.5) is 10.1 Å². The van der Waals surface area contributed by atoms with Crippen molar-refractivity contribution < 1.29 is 28.2 Å². The smallest absolute Gasteiger partial charge is 0.264 e. The highest BCUT2D eigenvalue weighted by Gasteiger charge is 2.30. The summed E-state index contributed by atoms with van der Waals surface area (Å²) >= 11 is 6.22. The summed E-state index contributed by atoms with van der Waals surface area (Å²) in [5.41, 5.74) is 2.29. The first-order valence-corrected chi connectivity index (χ1v) is 11.8. The monoisotopic (exact) mass is 512 g/mol. The van der Waals surface area contributed by atoms with Gasteiger partial charge in [-0.3, -0.25) is 9.59 Å². The standard InChI is InChI=1S/C27H26ClFN2O5/c1-4-22-27(33)31(14-17-5-7-19(29)13-21(17)28)15-18-11-20(8-10-23(18)36-22)30-26(32)16-6-9-24(34-2)25(12-16)35-3/h5-13,22H,4,14-15H2,1-3H3,(H,30,32). The largest absolute Gasteiger partial charge is 0.493 e. The second-order valence-corrected chi connectivity index (χ2v) is 8.70. The van der Waals surface area contributed by atoms with Crippen LogP contribution >= 0.6 is 11.6 Å². The Morgan fingerprint density at radius 1 is 1.11 bits per heavy atom. The van der Waals surface area contributed by atoms with Gasteiger partial charge in [-0.15, -0.1) is 0 Å². The number of ether oxygens (including phenoxy) is 3. The van der Waals surface area contributed by atoms with E-state index in [1.165, 1.54) is 26.4 Å². The number of benzene rings is 3. The molecule has 1 atom stereocenters. The van der Waals surface area contributed by atoms with E-state index in [1.54, 1.807) is 47.4 Å². The van der Waals surface area contributed by atoms with Crippen molar-refractivity contribution >= 4 is 29.1 Å². The Hall–Kier alpha value is -3.78. The molecule has 0 saturated heterocycles. The zero-order valence-corrected chi connectivity index (χ0v) is 20.9. The molecule has 1 heterocycles. The highest BCUT2D eigenvalue weighted by Crippen LogP contribution is 2.32. The molecule has 0 saturated carbocycles. The SMILES string of the molecule is CCC1Oc2ccc(NC(=O)c3ccc(OC)c(OC)c3)cc2CN(Cc2ccc(F)cc2Cl)C1=O. The van der Waals surface area contributed by atoms with Gasteiger partial charge in [0, 0.05) is 34.9 Å². The number of anilines is 1. The summed E-state index contributed by atoms with van der Waals surface area (Å²) in [6, 6.07) is 14.2. The first-order valence-electron chi connectivity index (χ1n) is 11.4. The molecule has 0 aliphatic carbocycles. The van der Waals surface area contributed by atoms with Crippen LogP contribution in [0.3, 0.4) is 0 Å². The maximum Gasteiger partial charge on any atom is 0.264 e. The van der Waals surface area contributed by atoms with E-state index in [4.69, 9.17) is 25.8 Å². The lowest BCUT2D eigenvalue weighted by Crippen LogP contribution is -2.38. The van der Waals surface area contributed by atoms with Gasteiger partial charge in [0.1, 0.15) is 11.6 Å². The predicted octanol–water partition coefficient (Wildman–Crippen LogP) is 5.45. The molecular formula is C27H26ClFN2O5. The van der Waals surface area contributed by atoms with E-state index in [1.807, 2.05) is 6.92 Å². The van der Waals surface area contributed by atoms with Gasteiger partial charge in [-0.1, -0.05) is 24.6 Å². The first-order chi connectivity index (χ1) is 17.3. The van der Waals surface area contributed by atoms with Crippen LogP contribution in [0.15, 0.2) is 54.6 Å². The Bertz CT molecular complexity index is 1300. The summed E-state index contributed by atoms with van der Waals surface area (Å²) in [5, 5.41) is 3.12. The molecule has 0 spiro atoms. The minimum Gasteiger partial charge on any atom is -0.493 e. The van der Waals surface area contributed by atoms with Crippen LogP contribution in [0.2, 0.25) is 5.02 Å². The lowest BCUT2D eigenvalue weighted by Gasteiger charge is -2.23. The number of hydrogen-bond donors (Lipinski definition) is 1. The summed E-state index contributed by atoms with van der Waals surface area (Å²) in [7, 11) is 3.03. The normalized spacial score (nSPS) is 15.0. The quantitative estimate of drug-likeness (QED) is 0.455. The van der Waals surface area contributed by atoms with E-state index in [2.05, 4.69) is 5.32 Å². The van der Waals surface area contributed by atoms with Crippen LogP contribution in [0.25, 0.3) is 0 Å². The summed E-state index contributed by atoms with van der Waals surface area (Å²) in [5.74, 6) is 0.563. The summed E-state index contributed by atoms with van der Waals surface area (Å²) in [6.07, 6.45) is -0.193. The molecule has 3 aromatic carbocycles. The number of nitrogens with one attached hydrogen (secondary N) is 1. The minimum atomic E-state index is -0.669. The fourth-order valence-electron chi connectivity index (χ4n) is 4.01. The zero-order chi connectivity index (χ0) is 25.8. The topological polar surface area (TPSA) is 77.1 Å². The molecule has 0 aromatic heterocycles. The highest BCUT2D eigenvalue weighted by molar-refractivity contribution is 6.31. The third-order valence-electron chi connectivity index (χ3n) is 5.93. The van der Waals surface area contributed by atoms with Gasteiger partial charge in [-0.25, -0.2) is 4.39 Å². The molecule has 1 N–H and O–H groups in total. The molecule has 1 aliphatic rings. The Balaban J connectivity index is 1.59. The van der Waals surface area contributed by atoms with Crippen LogP contribution in [0.5, 0.6) is 17.2 Å². The molecule has 2 amide bonds. The molecule has 4 rings (SSSR count). The number of rotatable bonds is 7. The molecular weight excluding hydrogens is 487 g/mol. The van der Waals surface area contributed by atoms with Crippen molar-refractivity contribution in [1.82, 2.24) is 4.90 Å². The van der Waals surface area contributed by atoms with Crippen LogP contribution < -0.4 is 19.5 Å². The third kappa shape index (κ3) is 5.39. The van der Waals surface area contributed by atoms with Crippen molar-refractivity contribution in [2.75, 3.05) is 19.5 Å². The molecule has 3 aromatic rings. The van der Waals surface area contributed by atoms with Crippen molar-refractivity contribution in [2.24, 2.45) is 0 Å². The van der Waals surface area contributed by atoms with Crippen LogP contribution in [0, 0.1) is 5.82 Å². The number of nitrogens with zero attached hydrogens (tertiary/aromatic N) is 1.